The predicted molar refractivity (Wildman–Crippen MR) is 104 cm³/mol. The number of piperazine rings is 1. The van der Waals surface area contributed by atoms with Gasteiger partial charge in [0.2, 0.25) is 0 Å². The third-order valence-electron chi connectivity index (χ3n) is 5.53. The van der Waals surface area contributed by atoms with Crippen molar-refractivity contribution in [3.8, 4) is 0 Å². The molecule has 0 radical (unpaired) electrons. The van der Waals surface area contributed by atoms with Crippen LogP contribution in [0.1, 0.15) is 18.1 Å². The highest BCUT2D eigenvalue weighted by Gasteiger charge is 2.30. The fraction of sp³-hybridized carbons (Fsp3) is 0.409. The fourth-order valence-corrected chi connectivity index (χ4v) is 3.74. The number of carbonyl (C=O) groups is 1. The van der Waals surface area contributed by atoms with Crippen molar-refractivity contribution >= 4 is 5.91 Å². The summed E-state index contributed by atoms with van der Waals surface area (Å²) in [6.45, 7) is 7.91. The van der Waals surface area contributed by atoms with E-state index in [1.165, 1.54) is 22.6 Å². The van der Waals surface area contributed by atoms with Gasteiger partial charge < -0.3 is 15.1 Å². The van der Waals surface area contributed by atoms with Crippen LogP contribution in [0.3, 0.4) is 0 Å². The minimum absolute atomic E-state index is 0.0310. The molecule has 0 saturated carbocycles. The zero-order chi connectivity index (χ0) is 19.1. The van der Waals surface area contributed by atoms with E-state index >= 15 is 0 Å². The van der Waals surface area contributed by atoms with Crippen LogP contribution in [0.15, 0.2) is 54.6 Å². The molecule has 3 N–H and O–H groups in total. The first-order chi connectivity index (χ1) is 13.1. The number of hydrogen-bond donors (Lipinski definition) is 3. The number of hydrogen-bond acceptors (Lipinski definition) is 1. The first-order valence-electron chi connectivity index (χ1n) is 9.86. The van der Waals surface area contributed by atoms with Gasteiger partial charge in [-0.2, -0.15) is 0 Å². The monoisotopic (exact) mass is 371 g/mol. The lowest BCUT2D eigenvalue weighted by molar-refractivity contribution is -1.02. The zero-order valence-corrected chi connectivity index (χ0v) is 16.0. The molecule has 0 spiro atoms. The number of amides is 1. The second-order valence-corrected chi connectivity index (χ2v) is 7.46. The summed E-state index contributed by atoms with van der Waals surface area (Å²) < 4.78 is 12.9. The first kappa shape index (κ1) is 19.5. The van der Waals surface area contributed by atoms with Gasteiger partial charge in [0, 0.05) is 12.1 Å². The molecule has 5 heteroatoms. The van der Waals surface area contributed by atoms with E-state index in [0.717, 1.165) is 44.7 Å². The van der Waals surface area contributed by atoms with Crippen molar-refractivity contribution in [3.63, 3.8) is 0 Å². The largest absolute Gasteiger partial charge is 0.351 e. The van der Waals surface area contributed by atoms with Gasteiger partial charge in [0.1, 0.15) is 38.5 Å². The summed E-state index contributed by atoms with van der Waals surface area (Å²) in [7, 11) is 0. The van der Waals surface area contributed by atoms with Crippen LogP contribution < -0.4 is 15.1 Å². The Hall–Kier alpha value is -2.24. The van der Waals surface area contributed by atoms with E-state index in [1.54, 1.807) is 17.0 Å². The highest BCUT2D eigenvalue weighted by molar-refractivity contribution is 5.79. The lowest BCUT2D eigenvalue weighted by Crippen LogP contribution is -3.29. The summed E-state index contributed by atoms with van der Waals surface area (Å²) in [5.41, 5.74) is 2.41. The Bertz CT molecular complexity index is 712. The van der Waals surface area contributed by atoms with E-state index in [1.807, 2.05) is 6.92 Å². The summed E-state index contributed by atoms with van der Waals surface area (Å²) in [5, 5.41) is 3.03. The second kappa shape index (κ2) is 9.62. The Balaban J connectivity index is 1.38. The molecule has 1 amide bonds. The van der Waals surface area contributed by atoms with Crippen molar-refractivity contribution in [1.82, 2.24) is 5.32 Å². The van der Waals surface area contributed by atoms with Gasteiger partial charge in [0.15, 0.2) is 6.04 Å². The van der Waals surface area contributed by atoms with E-state index in [2.05, 4.69) is 35.6 Å². The van der Waals surface area contributed by atoms with Gasteiger partial charge >= 0.3 is 0 Å². The molecule has 2 aromatic rings. The van der Waals surface area contributed by atoms with Gasteiger partial charge in [-0.25, -0.2) is 4.39 Å². The predicted octanol–water partition coefficient (Wildman–Crippen LogP) is -0.143. The van der Waals surface area contributed by atoms with E-state index in [4.69, 9.17) is 0 Å². The maximum Gasteiger partial charge on any atom is 0.278 e. The standard InChI is InChI=1S/C22H28FN3O/c1-18(22(27)24-12-11-19-7-9-21(23)10-8-19)26-15-13-25(14-16-26)17-20-5-3-2-4-6-20/h2-10,18H,11-17H2,1H3,(H,24,27)/p+2/t18-/m0/s1. The van der Waals surface area contributed by atoms with Crippen LogP contribution in [0, 0.1) is 5.82 Å². The number of carbonyl (C=O) groups excluding carboxylic acids is 1. The summed E-state index contributed by atoms with van der Waals surface area (Å²) in [4.78, 5) is 15.4. The Morgan fingerprint density at radius 3 is 2.33 bits per heavy atom. The molecular formula is C22H30FN3O+2. The molecule has 3 rings (SSSR count). The molecule has 27 heavy (non-hydrogen) atoms. The third-order valence-corrected chi connectivity index (χ3v) is 5.53. The Morgan fingerprint density at radius 2 is 1.67 bits per heavy atom. The summed E-state index contributed by atoms with van der Waals surface area (Å²) in [6, 6.07) is 17.0. The number of quaternary nitrogens is 2. The van der Waals surface area contributed by atoms with Crippen LogP contribution in [0.4, 0.5) is 4.39 Å². The van der Waals surface area contributed by atoms with Gasteiger partial charge in [-0.15, -0.1) is 0 Å². The van der Waals surface area contributed by atoms with Crippen LogP contribution >= 0.6 is 0 Å². The van der Waals surface area contributed by atoms with E-state index in [9.17, 15) is 9.18 Å². The maximum absolute atomic E-state index is 12.9. The summed E-state index contributed by atoms with van der Waals surface area (Å²) >= 11 is 0. The summed E-state index contributed by atoms with van der Waals surface area (Å²) in [6.07, 6.45) is 0.725. The molecule has 1 saturated heterocycles. The molecule has 0 aromatic heterocycles. The van der Waals surface area contributed by atoms with Gasteiger partial charge in [0.05, 0.1) is 0 Å². The molecule has 1 atom stereocenters. The molecule has 1 heterocycles. The van der Waals surface area contributed by atoms with Crippen LogP contribution in [-0.4, -0.2) is 44.7 Å². The number of rotatable bonds is 7. The highest BCUT2D eigenvalue weighted by atomic mass is 19.1. The van der Waals surface area contributed by atoms with Crippen molar-refractivity contribution < 1.29 is 19.0 Å². The van der Waals surface area contributed by atoms with Gasteiger partial charge in [-0.05, 0) is 31.0 Å². The molecule has 0 unspecified atom stereocenters. The van der Waals surface area contributed by atoms with E-state index < -0.39 is 0 Å². The summed E-state index contributed by atoms with van der Waals surface area (Å²) in [5.74, 6) is -0.118. The van der Waals surface area contributed by atoms with Gasteiger partial charge in [-0.3, -0.25) is 4.79 Å². The lowest BCUT2D eigenvalue weighted by Gasteiger charge is -2.32. The minimum atomic E-state index is -0.228. The molecule has 0 aliphatic carbocycles. The van der Waals surface area contributed by atoms with Crippen LogP contribution in [0.25, 0.3) is 0 Å². The molecule has 144 valence electrons. The SMILES string of the molecule is C[C@@H](C(=O)NCCc1ccc(F)cc1)[NH+]1CC[NH+](Cc2ccccc2)CC1. The second-order valence-electron chi connectivity index (χ2n) is 7.46. The molecule has 1 aliphatic heterocycles. The number of benzene rings is 2. The Labute approximate surface area is 161 Å². The smallest absolute Gasteiger partial charge is 0.278 e. The quantitative estimate of drug-likeness (QED) is 0.623. The normalized spacial score (nSPS) is 20.8. The van der Waals surface area contributed by atoms with Crippen LogP contribution in [0.2, 0.25) is 0 Å². The lowest BCUT2D eigenvalue weighted by atomic mass is 10.1. The number of halogens is 1. The van der Waals surface area contributed by atoms with Crippen LogP contribution in [0.5, 0.6) is 0 Å². The van der Waals surface area contributed by atoms with Crippen LogP contribution in [-0.2, 0) is 17.8 Å². The van der Waals surface area contributed by atoms with Gasteiger partial charge in [-0.1, -0.05) is 42.5 Å². The van der Waals surface area contributed by atoms with Crippen molar-refractivity contribution in [2.24, 2.45) is 0 Å². The fourth-order valence-electron chi connectivity index (χ4n) is 3.74. The molecular weight excluding hydrogens is 341 g/mol. The third kappa shape index (κ3) is 5.88. The molecule has 4 nitrogen and oxygen atoms in total. The molecule has 2 aromatic carbocycles. The maximum atomic E-state index is 12.9. The minimum Gasteiger partial charge on any atom is -0.351 e. The van der Waals surface area contributed by atoms with Crippen molar-refractivity contribution in [1.29, 1.82) is 0 Å². The number of nitrogens with one attached hydrogen (secondary N) is 3. The Morgan fingerprint density at radius 1 is 1.00 bits per heavy atom. The van der Waals surface area contributed by atoms with Crippen molar-refractivity contribution in [3.05, 3.63) is 71.5 Å². The van der Waals surface area contributed by atoms with Crippen molar-refractivity contribution in [2.75, 3.05) is 32.7 Å². The molecule has 1 aliphatic rings. The average molecular weight is 372 g/mol. The van der Waals surface area contributed by atoms with E-state index in [0.29, 0.717) is 6.54 Å². The first-order valence-corrected chi connectivity index (χ1v) is 9.86. The van der Waals surface area contributed by atoms with Gasteiger partial charge in [0.25, 0.3) is 5.91 Å². The molecule has 0 bridgehead atoms. The average Bonchev–Trinajstić information content (AvgIpc) is 2.70. The zero-order valence-electron chi connectivity index (χ0n) is 16.0. The Kier molecular flexibility index (Phi) is 6.96. The van der Waals surface area contributed by atoms with Crippen molar-refractivity contribution in [2.45, 2.75) is 25.9 Å². The highest BCUT2D eigenvalue weighted by Crippen LogP contribution is 2.02. The van der Waals surface area contributed by atoms with E-state index in [-0.39, 0.29) is 17.8 Å². The topological polar surface area (TPSA) is 38.0 Å². The molecule has 1 fully saturated rings.